The van der Waals surface area contributed by atoms with E-state index in [0.29, 0.717) is 0 Å². The molecule has 0 atom stereocenters. The number of pyridine rings is 1. The summed E-state index contributed by atoms with van der Waals surface area (Å²) in [5, 5.41) is 7.37. The molecule has 0 fully saturated rings. The van der Waals surface area contributed by atoms with Crippen molar-refractivity contribution < 1.29 is 0 Å². The zero-order valence-corrected chi connectivity index (χ0v) is 9.86. The number of hydrogen-bond acceptors (Lipinski definition) is 3. The quantitative estimate of drug-likeness (QED) is 0.847. The van der Waals surface area contributed by atoms with Crippen molar-refractivity contribution in [1.29, 1.82) is 0 Å². The van der Waals surface area contributed by atoms with E-state index in [0.717, 1.165) is 23.5 Å². The van der Waals surface area contributed by atoms with Crippen molar-refractivity contribution in [3.63, 3.8) is 0 Å². The van der Waals surface area contributed by atoms with E-state index in [1.54, 1.807) is 0 Å². The van der Waals surface area contributed by atoms with Crippen LogP contribution in [-0.2, 0) is 6.54 Å². The third kappa shape index (κ3) is 2.12. The molecule has 4 nitrogen and oxygen atoms in total. The van der Waals surface area contributed by atoms with Crippen LogP contribution in [0.15, 0.2) is 24.7 Å². The Morgan fingerprint density at radius 2 is 2.12 bits per heavy atom. The Labute approximate surface area is 95.3 Å². The summed E-state index contributed by atoms with van der Waals surface area (Å²) in [6, 6.07) is 2.13. The van der Waals surface area contributed by atoms with E-state index < -0.39 is 0 Å². The molecule has 2 aromatic rings. The molecule has 84 valence electrons. The van der Waals surface area contributed by atoms with Crippen molar-refractivity contribution in [1.82, 2.24) is 20.1 Å². The van der Waals surface area contributed by atoms with Gasteiger partial charge in [0, 0.05) is 18.9 Å². The minimum Gasteiger partial charge on any atom is -0.316 e. The molecule has 0 aliphatic carbocycles. The van der Waals surface area contributed by atoms with Crippen LogP contribution in [-0.4, -0.2) is 21.8 Å². The van der Waals surface area contributed by atoms with Gasteiger partial charge in [0.15, 0.2) is 5.82 Å². The van der Waals surface area contributed by atoms with E-state index in [4.69, 9.17) is 0 Å². The van der Waals surface area contributed by atoms with E-state index in [1.807, 2.05) is 37.2 Å². The highest BCUT2D eigenvalue weighted by Crippen LogP contribution is 2.12. The molecule has 0 spiro atoms. The molecule has 0 aliphatic rings. The largest absolute Gasteiger partial charge is 0.316 e. The number of aryl methyl sites for hydroxylation is 2. The first-order chi connectivity index (χ1) is 7.70. The average Bonchev–Trinajstić information content (AvgIpc) is 2.65. The van der Waals surface area contributed by atoms with Crippen LogP contribution in [0, 0.1) is 13.8 Å². The molecular weight excluding hydrogens is 200 g/mol. The van der Waals surface area contributed by atoms with Crippen molar-refractivity contribution in [2.45, 2.75) is 20.4 Å². The molecule has 0 radical (unpaired) electrons. The van der Waals surface area contributed by atoms with Gasteiger partial charge in [-0.15, -0.1) is 0 Å². The van der Waals surface area contributed by atoms with Crippen LogP contribution in [0.3, 0.4) is 0 Å². The monoisotopic (exact) mass is 216 g/mol. The second kappa shape index (κ2) is 4.45. The smallest absolute Gasteiger partial charge is 0.156 e. The molecule has 0 saturated heterocycles. The molecule has 2 aromatic heterocycles. The summed E-state index contributed by atoms with van der Waals surface area (Å²) in [6.45, 7) is 4.92. The maximum absolute atomic E-state index is 4.44. The lowest BCUT2D eigenvalue weighted by Gasteiger charge is -2.07. The molecule has 0 amide bonds. The highest BCUT2D eigenvalue weighted by Gasteiger charge is 2.04. The van der Waals surface area contributed by atoms with Gasteiger partial charge in [0.25, 0.3) is 0 Å². The Hall–Kier alpha value is -1.68. The minimum atomic E-state index is 0.840. The van der Waals surface area contributed by atoms with E-state index in [2.05, 4.69) is 28.4 Å². The number of nitrogens with one attached hydrogen (secondary N) is 1. The fourth-order valence-corrected chi connectivity index (χ4v) is 1.70. The first-order valence-electron chi connectivity index (χ1n) is 5.32. The van der Waals surface area contributed by atoms with Gasteiger partial charge in [-0.25, -0.2) is 9.67 Å². The summed E-state index contributed by atoms with van der Waals surface area (Å²) in [4.78, 5) is 4.44. The van der Waals surface area contributed by atoms with Crippen LogP contribution in [0.5, 0.6) is 0 Å². The summed E-state index contributed by atoms with van der Waals surface area (Å²) in [5.41, 5.74) is 3.46. The predicted octanol–water partition coefficient (Wildman–Crippen LogP) is 1.60. The van der Waals surface area contributed by atoms with E-state index in [-0.39, 0.29) is 0 Å². The van der Waals surface area contributed by atoms with Gasteiger partial charge in [0.2, 0.25) is 0 Å². The number of rotatable bonds is 3. The Morgan fingerprint density at radius 3 is 2.69 bits per heavy atom. The van der Waals surface area contributed by atoms with E-state index in [9.17, 15) is 0 Å². The Kier molecular flexibility index (Phi) is 3.01. The zero-order chi connectivity index (χ0) is 11.5. The van der Waals surface area contributed by atoms with Crippen molar-refractivity contribution in [3.8, 4) is 5.82 Å². The van der Waals surface area contributed by atoms with Gasteiger partial charge in [-0.1, -0.05) is 0 Å². The summed E-state index contributed by atoms with van der Waals surface area (Å²) in [5.74, 6) is 0.896. The topological polar surface area (TPSA) is 42.7 Å². The maximum atomic E-state index is 4.44. The lowest BCUT2D eigenvalue weighted by Crippen LogP contribution is -2.07. The van der Waals surface area contributed by atoms with Gasteiger partial charge < -0.3 is 5.32 Å². The van der Waals surface area contributed by atoms with Gasteiger partial charge in [-0.05, 0) is 43.7 Å². The van der Waals surface area contributed by atoms with Gasteiger partial charge in [-0.2, -0.15) is 5.10 Å². The predicted molar refractivity (Wildman–Crippen MR) is 63.6 cm³/mol. The minimum absolute atomic E-state index is 0.840. The van der Waals surface area contributed by atoms with Crippen LogP contribution in [0.4, 0.5) is 0 Å². The zero-order valence-electron chi connectivity index (χ0n) is 9.86. The van der Waals surface area contributed by atoms with E-state index in [1.165, 1.54) is 5.56 Å². The van der Waals surface area contributed by atoms with Gasteiger partial charge in [0.1, 0.15) is 0 Å². The lowest BCUT2D eigenvalue weighted by atomic mass is 10.2. The number of aromatic nitrogens is 3. The summed E-state index contributed by atoms with van der Waals surface area (Å²) >= 11 is 0. The molecule has 0 aliphatic heterocycles. The van der Waals surface area contributed by atoms with Crippen LogP contribution in [0.2, 0.25) is 0 Å². The van der Waals surface area contributed by atoms with Crippen LogP contribution < -0.4 is 5.32 Å². The normalized spacial score (nSPS) is 10.7. The average molecular weight is 216 g/mol. The number of nitrogens with zero attached hydrogens (tertiary/aromatic N) is 3. The maximum Gasteiger partial charge on any atom is 0.156 e. The summed E-state index contributed by atoms with van der Waals surface area (Å²) in [7, 11) is 1.93. The highest BCUT2D eigenvalue weighted by atomic mass is 15.3. The third-order valence-corrected chi connectivity index (χ3v) is 2.42. The van der Waals surface area contributed by atoms with Crippen LogP contribution in [0.25, 0.3) is 5.82 Å². The Balaban J connectivity index is 2.36. The third-order valence-electron chi connectivity index (χ3n) is 2.42. The molecule has 2 heterocycles. The second-order valence-corrected chi connectivity index (χ2v) is 3.98. The first kappa shape index (κ1) is 10.8. The van der Waals surface area contributed by atoms with Crippen LogP contribution >= 0.6 is 0 Å². The molecule has 0 unspecified atom stereocenters. The SMILES string of the molecule is CNCc1cnc(-n2cc(C)cn2)c(C)c1. The van der Waals surface area contributed by atoms with Crippen LogP contribution in [0.1, 0.15) is 16.7 Å². The van der Waals surface area contributed by atoms with E-state index >= 15 is 0 Å². The summed E-state index contributed by atoms with van der Waals surface area (Å²) in [6.07, 6.45) is 5.70. The number of hydrogen-bond donors (Lipinski definition) is 1. The second-order valence-electron chi connectivity index (χ2n) is 3.98. The van der Waals surface area contributed by atoms with Crippen molar-refractivity contribution in [2.24, 2.45) is 0 Å². The highest BCUT2D eigenvalue weighted by molar-refractivity contribution is 5.35. The molecule has 16 heavy (non-hydrogen) atoms. The fourth-order valence-electron chi connectivity index (χ4n) is 1.70. The van der Waals surface area contributed by atoms with Gasteiger partial charge in [0.05, 0.1) is 6.20 Å². The molecular formula is C12H16N4. The van der Waals surface area contributed by atoms with Gasteiger partial charge >= 0.3 is 0 Å². The van der Waals surface area contributed by atoms with Crippen molar-refractivity contribution in [3.05, 3.63) is 41.3 Å². The molecule has 2 rings (SSSR count). The van der Waals surface area contributed by atoms with Crippen molar-refractivity contribution >= 4 is 0 Å². The summed E-state index contributed by atoms with van der Waals surface area (Å²) < 4.78 is 1.81. The molecule has 0 bridgehead atoms. The fraction of sp³-hybridized carbons (Fsp3) is 0.333. The standard InChI is InChI=1S/C12H16N4/c1-9-5-15-16(8-9)12-10(2)4-11(6-13-3)7-14-12/h4-5,7-8,13H,6H2,1-3H3. The first-order valence-corrected chi connectivity index (χ1v) is 5.32. The van der Waals surface area contributed by atoms with Crippen molar-refractivity contribution in [2.75, 3.05) is 7.05 Å². The Bertz CT molecular complexity index is 488. The molecule has 4 heteroatoms. The Morgan fingerprint density at radius 1 is 1.31 bits per heavy atom. The molecule has 0 saturated carbocycles. The molecule has 1 N–H and O–H groups in total. The lowest BCUT2D eigenvalue weighted by molar-refractivity contribution is 0.796. The molecule has 0 aromatic carbocycles. The van der Waals surface area contributed by atoms with Gasteiger partial charge in [-0.3, -0.25) is 0 Å².